The number of hydrogen-bond acceptors (Lipinski definition) is 2. The summed E-state index contributed by atoms with van der Waals surface area (Å²) >= 11 is 9.62. The molecule has 112 valence electrons. The van der Waals surface area contributed by atoms with Crippen LogP contribution in [0.4, 0.5) is 0 Å². The number of benzene rings is 2. The van der Waals surface area contributed by atoms with Crippen LogP contribution in [0.1, 0.15) is 25.0 Å². The lowest BCUT2D eigenvalue weighted by Crippen LogP contribution is -2.22. The molecule has 2 nitrogen and oxygen atoms in total. The Morgan fingerprint density at radius 1 is 1.14 bits per heavy atom. The van der Waals surface area contributed by atoms with Crippen molar-refractivity contribution in [1.29, 1.82) is 0 Å². The van der Waals surface area contributed by atoms with E-state index in [9.17, 15) is 0 Å². The van der Waals surface area contributed by atoms with Crippen LogP contribution in [0.15, 0.2) is 40.9 Å². The Balaban J connectivity index is 2.26. The molecule has 0 bridgehead atoms. The summed E-state index contributed by atoms with van der Waals surface area (Å²) in [5.74, 6) is 1.49. The second-order valence-corrected chi connectivity index (χ2v) is 6.65. The smallest absolute Gasteiger partial charge is 0.146 e. The highest BCUT2D eigenvalue weighted by Gasteiger charge is 2.09. The van der Waals surface area contributed by atoms with Crippen LogP contribution in [0.3, 0.4) is 0 Å². The van der Waals surface area contributed by atoms with Crippen LogP contribution in [-0.2, 0) is 6.54 Å². The molecule has 0 aliphatic carbocycles. The van der Waals surface area contributed by atoms with Crippen molar-refractivity contribution >= 4 is 27.5 Å². The molecule has 0 aromatic heterocycles. The highest BCUT2D eigenvalue weighted by molar-refractivity contribution is 9.10. The topological polar surface area (TPSA) is 21.3 Å². The van der Waals surface area contributed by atoms with E-state index in [-0.39, 0.29) is 0 Å². The molecule has 1 N–H and O–H groups in total. The Labute approximate surface area is 139 Å². The average Bonchev–Trinajstić information content (AvgIpc) is 2.41. The molecule has 0 amide bonds. The number of hydrogen-bond donors (Lipinski definition) is 1. The van der Waals surface area contributed by atoms with E-state index in [4.69, 9.17) is 16.3 Å². The highest BCUT2D eigenvalue weighted by Crippen LogP contribution is 2.33. The molecule has 2 rings (SSSR count). The molecule has 2 aromatic carbocycles. The van der Waals surface area contributed by atoms with Gasteiger partial charge in [0.2, 0.25) is 0 Å². The fraction of sp³-hybridized carbons (Fsp3) is 0.294. The van der Waals surface area contributed by atoms with Gasteiger partial charge in [0.15, 0.2) is 0 Å². The van der Waals surface area contributed by atoms with Crippen molar-refractivity contribution in [2.45, 2.75) is 33.4 Å². The zero-order valence-corrected chi connectivity index (χ0v) is 14.8. The summed E-state index contributed by atoms with van der Waals surface area (Å²) in [6.45, 7) is 7.10. The molecule has 0 unspecified atom stereocenters. The largest absolute Gasteiger partial charge is 0.455 e. The number of halogens is 2. The summed E-state index contributed by atoms with van der Waals surface area (Å²) in [4.78, 5) is 0. The van der Waals surface area contributed by atoms with Gasteiger partial charge < -0.3 is 10.1 Å². The standard InChI is InChI=1S/C17H19BrClNO/c1-11(2)20-10-13-8-12(3)4-6-16(13)21-17-7-5-14(18)9-15(17)19/h4-9,11,20H,10H2,1-3H3. The molecule has 0 saturated carbocycles. The second-order valence-electron chi connectivity index (χ2n) is 5.32. The second kappa shape index (κ2) is 7.30. The first kappa shape index (κ1) is 16.3. The van der Waals surface area contributed by atoms with Gasteiger partial charge in [0.05, 0.1) is 5.02 Å². The quantitative estimate of drug-likeness (QED) is 0.730. The Bertz CT molecular complexity index is 628. The van der Waals surface area contributed by atoms with E-state index in [1.807, 2.05) is 30.3 Å². The highest BCUT2D eigenvalue weighted by atomic mass is 79.9. The van der Waals surface area contributed by atoms with E-state index in [1.165, 1.54) is 5.56 Å². The maximum absolute atomic E-state index is 6.22. The zero-order valence-electron chi connectivity index (χ0n) is 12.4. The summed E-state index contributed by atoms with van der Waals surface area (Å²) in [6.07, 6.45) is 0. The average molecular weight is 369 g/mol. The van der Waals surface area contributed by atoms with Gasteiger partial charge in [-0.05, 0) is 31.2 Å². The minimum absolute atomic E-state index is 0.426. The van der Waals surface area contributed by atoms with Gasteiger partial charge in [0, 0.05) is 22.6 Å². The summed E-state index contributed by atoms with van der Waals surface area (Å²) < 4.78 is 6.93. The summed E-state index contributed by atoms with van der Waals surface area (Å²) in [6, 6.07) is 12.2. The molecule has 21 heavy (non-hydrogen) atoms. The zero-order chi connectivity index (χ0) is 15.4. The molecule has 0 atom stereocenters. The third-order valence-corrected chi connectivity index (χ3v) is 3.82. The molecule has 0 heterocycles. The first-order chi connectivity index (χ1) is 9.95. The third-order valence-electron chi connectivity index (χ3n) is 3.03. The molecular formula is C17H19BrClNO. The van der Waals surface area contributed by atoms with E-state index in [0.29, 0.717) is 16.8 Å². The van der Waals surface area contributed by atoms with E-state index in [1.54, 1.807) is 0 Å². The normalized spacial score (nSPS) is 11.0. The lowest BCUT2D eigenvalue weighted by atomic mass is 10.1. The van der Waals surface area contributed by atoms with Gasteiger partial charge in [-0.2, -0.15) is 0 Å². The van der Waals surface area contributed by atoms with Crippen LogP contribution in [0.5, 0.6) is 11.5 Å². The minimum Gasteiger partial charge on any atom is -0.455 e. The van der Waals surface area contributed by atoms with Crippen LogP contribution in [-0.4, -0.2) is 6.04 Å². The lowest BCUT2D eigenvalue weighted by Gasteiger charge is -2.15. The number of ether oxygens (including phenoxy) is 1. The number of aryl methyl sites for hydroxylation is 1. The molecule has 4 heteroatoms. The van der Waals surface area contributed by atoms with Crippen LogP contribution < -0.4 is 10.1 Å². The number of rotatable bonds is 5. The third kappa shape index (κ3) is 4.73. The van der Waals surface area contributed by atoms with Gasteiger partial charge >= 0.3 is 0 Å². The first-order valence-electron chi connectivity index (χ1n) is 6.91. The molecule has 0 spiro atoms. The summed E-state index contributed by atoms with van der Waals surface area (Å²) in [7, 11) is 0. The summed E-state index contributed by atoms with van der Waals surface area (Å²) in [5, 5.41) is 4.01. The molecule has 0 fully saturated rings. The molecule has 0 aliphatic rings. The maximum atomic E-state index is 6.22. The van der Waals surface area contributed by atoms with Gasteiger partial charge in [-0.1, -0.05) is 59.1 Å². The Hall–Kier alpha value is -1.03. The van der Waals surface area contributed by atoms with Crippen molar-refractivity contribution in [3.05, 3.63) is 57.0 Å². The van der Waals surface area contributed by atoms with Gasteiger partial charge in [-0.3, -0.25) is 0 Å². The van der Waals surface area contributed by atoms with Crippen molar-refractivity contribution in [3.63, 3.8) is 0 Å². The minimum atomic E-state index is 0.426. The van der Waals surface area contributed by atoms with Crippen LogP contribution in [0, 0.1) is 6.92 Å². The first-order valence-corrected chi connectivity index (χ1v) is 8.08. The van der Waals surface area contributed by atoms with E-state index >= 15 is 0 Å². The molecular weight excluding hydrogens is 350 g/mol. The van der Waals surface area contributed by atoms with E-state index in [0.717, 1.165) is 22.3 Å². The molecule has 0 aliphatic heterocycles. The van der Waals surface area contributed by atoms with Crippen LogP contribution >= 0.6 is 27.5 Å². The SMILES string of the molecule is Cc1ccc(Oc2ccc(Br)cc2Cl)c(CNC(C)C)c1. The Kier molecular flexibility index (Phi) is 5.68. The van der Waals surface area contributed by atoms with Crippen molar-refractivity contribution in [2.75, 3.05) is 0 Å². The van der Waals surface area contributed by atoms with Crippen LogP contribution in [0.2, 0.25) is 5.02 Å². The Morgan fingerprint density at radius 3 is 2.52 bits per heavy atom. The molecule has 2 aromatic rings. The monoisotopic (exact) mass is 367 g/mol. The van der Waals surface area contributed by atoms with Crippen molar-refractivity contribution < 1.29 is 4.74 Å². The fourth-order valence-electron chi connectivity index (χ4n) is 1.94. The maximum Gasteiger partial charge on any atom is 0.146 e. The number of nitrogens with one attached hydrogen (secondary N) is 1. The Morgan fingerprint density at radius 2 is 1.86 bits per heavy atom. The van der Waals surface area contributed by atoms with E-state index < -0.39 is 0 Å². The van der Waals surface area contributed by atoms with Crippen molar-refractivity contribution in [1.82, 2.24) is 5.32 Å². The predicted octanol–water partition coefficient (Wildman–Crippen LogP) is 5.70. The van der Waals surface area contributed by atoms with Crippen molar-refractivity contribution in [3.8, 4) is 11.5 Å². The van der Waals surface area contributed by atoms with Crippen molar-refractivity contribution in [2.24, 2.45) is 0 Å². The predicted molar refractivity (Wildman–Crippen MR) is 92.4 cm³/mol. The summed E-state index contributed by atoms with van der Waals surface area (Å²) in [5.41, 5.74) is 2.34. The fourth-order valence-corrected chi connectivity index (χ4v) is 2.65. The lowest BCUT2D eigenvalue weighted by molar-refractivity contribution is 0.469. The molecule has 0 radical (unpaired) electrons. The van der Waals surface area contributed by atoms with Gasteiger partial charge in [0.25, 0.3) is 0 Å². The van der Waals surface area contributed by atoms with Gasteiger partial charge in [-0.15, -0.1) is 0 Å². The van der Waals surface area contributed by atoms with E-state index in [2.05, 4.69) is 48.1 Å². The van der Waals surface area contributed by atoms with Gasteiger partial charge in [-0.25, -0.2) is 0 Å². The molecule has 0 saturated heterocycles. The van der Waals surface area contributed by atoms with Crippen LogP contribution in [0.25, 0.3) is 0 Å². The van der Waals surface area contributed by atoms with Gasteiger partial charge in [0.1, 0.15) is 11.5 Å².